The molecule has 1 saturated carbocycles. The van der Waals surface area contributed by atoms with Crippen LogP contribution in [0.2, 0.25) is 0 Å². The molecule has 0 radical (unpaired) electrons. The lowest BCUT2D eigenvalue weighted by molar-refractivity contribution is -0.148. The lowest BCUT2D eigenvalue weighted by Crippen LogP contribution is -2.38. The number of hydrogen-bond donors (Lipinski definition) is 2. The highest BCUT2D eigenvalue weighted by Gasteiger charge is 2.27. The number of nitrogens with one attached hydrogen (secondary N) is 1. The fourth-order valence-electron chi connectivity index (χ4n) is 4.01. The van der Waals surface area contributed by atoms with E-state index in [1.54, 1.807) is 7.11 Å². The van der Waals surface area contributed by atoms with E-state index in [4.69, 9.17) is 14.6 Å². The first-order valence-electron chi connectivity index (χ1n) is 9.20. The molecular weight excluding hydrogens is 348 g/mol. The summed E-state index contributed by atoms with van der Waals surface area (Å²) in [4.78, 5) is 24.1. The minimum atomic E-state index is -1.11. The number of carboxylic acids is 1. The summed E-state index contributed by atoms with van der Waals surface area (Å²) in [6.45, 7) is 1.86. The number of rotatable bonds is 7. The SMILES string of the molecule is COc1ccc2c(c1)c(C(=O)NCC(OC)C(=O)O)c(C)n2C1CCCC1. The number of carbonyl (C=O) groups is 2. The van der Waals surface area contributed by atoms with Crippen LogP contribution in [0.15, 0.2) is 18.2 Å². The largest absolute Gasteiger partial charge is 0.497 e. The first-order chi connectivity index (χ1) is 13.0. The van der Waals surface area contributed by atoms with E-state index in [0.29, 0.717) is 17.4 Å². The highest BCUT2D eigenvalue weighted by Crippen LogP contribution is 2.38. The molecule has 1 amide bonds. The lowest BCUT2D eigenvalue weighted by atomic mass is 10.1. The van der Waals surface area contributed by atoms with Gasteiger partial charge in [-0.25, -0.2) is 4.79 Å². The van der Waals surface area contributed by atoms with Crippen molar-refractivity contribution in [1.82, 2.24) is 9.88 Å². The van der Waals surface area contributed by atoms with E-state index in [1.165, 1.54) is 20.0 Å². The number of fused-ring (bicyclic) bond motifs is 1. The molecule has 1 aromatic carbocycles. The molecule has 27 heavy (non-hydrogen) atoms. The zero-order chi connectivity index (χ0) is 19.6. The second-order valence-corrected chi connectivity index (χ2v) is 6.92. The van der Waals surface area contributed by atoms with Crippen LogP contribution < -0.4 is 10.1 Å². The summed E-state index contributed by atoms with van der Waals surface area (Å²) in [5.74, 6) is -0.726. The van der Waals surface area contributed by atoms with Gasteiger partial charge < -0.3 is 24.5 Å². The van der Waals surface area contributed by atoms with Gasteiger partial charge in [-0.15, -0.1) is 0 Å². The maximum Gasteiger partial charge on any atom is 0.334 e. The van der Waals surface area contributed by atoms with Gasteiger partial charge in [0.2, 0.25) is 0 Å². The van der Waals surface area contributed by atoms with Crippen molar-refractivity contribution >= 4 is 22.8 Å². The summed E-state index contributed by atoms with van der Waals surface area (Å²) in [7, 11) is 2.91. The van der Waals surface area contributed by atoms with Crippen LogP contribution in [0.3, 0.4) is 0 Å². The molecule has 0 saturated heterocycles. The van der Waals surface area contributed by atoms with Crippen molar-refractivity contribution in [3.63, 3.8) is 0 Å². The fraction of sp³-hybridized carbons (Fsp3) is 0.500. The Kier molecular flexibility index (Phi) is 5.70. The van der Waals surface area contributed by atoms with Gasteiger partial charge in [0.25, 0.3) is 5.91 Å². The van der Waals surface area contributed by atoms with Crippen molar-refractivity contribution in [2.45, 2.75) is 44.8 Å². The van der Waals surface area contributed by atoms with Gasteiger partial charge in [0.1, 0.15) is 5.75 Å². The Hall–Kier alpha value is -2.54. The predicted molar refractivity (Wildman–Crippen MR) is 101 cm³/mol. The zero-order valence-electron chi connectivity index (χ0n) is 15.9. The number of hydrogen-bond acceptors (Lipinski definition) is 4. The van der Waals surface area contributed by atoms with Crippen molar-refractivity contribution in [2.75, 3.05) is 20.8 Å². The molecule has 2 N–H and O–H groups in total. The Labute approximate surface area is 158 Å². The van der Waals surface area contributed by atoms with Crippen molar-refractivity contribution in [2.24, 2.45) is 0 Å². The van der Waals surface area contributed by atoms with Crippen LogP contribution in [0, 0.1) is 6.92 Å². The average molecular weight is 374 g/mol. The molecule has 1 heterocycles. The molecule has 7 nitrogen and oxygen atoms in total. The molecule has 7 heteroatoms. The molecule has 1 aliphatic rings. The molecule has 2 aromatic rings. The van der Waals surface area contributed by atoms with Crippen LogP contribution >= 0.6 is 0 Å². The monoisotopic (exact) mass is 374 g/mol. The minimum absolute atomic E-state index is 0.0931. The van der Waals surface area contributed by atoms with E-state index >= 15 is 0 Å². The normalized spacial score (nSPS) is 15.8. The second-order valence-electron chi connectivity index (χ2n) is 6.92. The molecule has 146 valence electrons. The van der Waals surface area contributed by atoms with Gasteiger partial charge in [-0.1, -0.05) is 12.8 Å². The quantitative estimate of drug-likeness (QED) is 0.778. The molecule has 1 aromatic heterocycles. The van der Waals surface area contributed by atoms with Gasteiger partial charge in [-0.3, -0.25) is 4.79 Å². The molecule has 1 aliphatic carbocycles. The van der Waals surface area contributed by atoms with Crippen LogP contribution in [0.5, 0.6) is 5.75 Å². The third-order valence-electron chi connectivity index (χ3n) is 5.38. The summed E-state index contributed by atoms with van der Waals surface area (Å²) in [6, 6.07) is 6.15. The molecule has 0 aliphatic heterocycles. The summed E-state index contributed by atoms with van der Waals surface area (Å²) in [6.07, 6.45) is 3.50. The van der Waals surface area contributed by atoms with Crippen molar-refractivity contribution in [1.29, 1.82) is 0 Å². The number of carbonyl (C=O) groups excluding carboxylic acids is 1. The van der Waals surface area contributed by atoms with Crippen LogP contribution in [0.4, 0.5) is 0 Å². The molecule has 3 rings (SSSR count). The third kappa shape index (κ3) is 3.64. The lowest BCUT2D eigenvalue weighted by Gasteiger charge is -2.16. The maximum atomic E-state index is 12.9. The third-order valence-corrected chi connectivity index (χ3v) is 5.38. The topological polar surface area (TPSA) is 89.8 Å². The standard InChI is InChI=1S/C20H26N2O5/c1-12-18(19(23)21-11-17(27-3)20(24)25)15-10-14(26-2)8-9-16(15)22(12)13-6-4-5-7-13/h8-10,13,17H,4-7,11H2,1-3H3,(H,21,23)(H,24,25). The van der Waals surface area contributed by atoms with E-state index in [-0.39, 0.29) is 12.5 Å². The second kappa shape index (κ2) is 8.00. The number of benzene rings is 1. The van der Waals surface area contributed by atoms with Crippen LogP contribution in [-0.4, -0.2) is 48.4 Å². The smallest absolute Gasteiger partial charge is 0.334 e. The van der Waals surface area contributed by atoms with Gasteiger partial charge in [0.05, 0.1) is 19.2 Å². The van der Waals surface area contributed by atoms with E-state index in [0.717, 1.165) is 29.4 Å². The minimum Gasteiger partial charge on any atom is -0.497 e. The van der Waals surface area contributed by atoms with Crippen LogP contribution in [0.1, 0.15) is 47.8 Å². The van der Waals surface area contributed by atoms with E-state index in [9.17, 15) is 9.59 Å². The van der Waals surface area contributed by atoms with Crippen LogP contribution in [-0.2, 0) is 9.53 Å². The van der Waals surface area contributed by atoms with Crippen molar-refractivity contribution in [3.8, 4) is 5.75 Å². The van der Waals surface area contributed by atoms with Gasteiger partial charge in [-0.05, 0) is 38.0 Å². The molecule has 1 fully saturated rings. The number of carboxylic acid groups (broad SMARTS) is 1. The fourth-order valence-corrected chi connectivity index (χ4v) is 4.01. The Morgan fingerprint density at radius 3 is 2.59 bits per heavy atom. The zero-order valence-corrected chi connectivity index (χ0v) is 15.9. The predicted octanol–water partition coefficient (Wildman–Crippen LogP) is 2.90. The Morgan fingerprint density at radius 1 is 1.30 bits per heavy atom. The summed E-state index contributed by atoms with van der Waals surface area (Å²) in [5.41, 5.74) is 2.47. The summed E-state index contributed by atoms with van der Waals surface area (Å²) in [5, 5.41) is 12.6. The summed E-state index contributed by atoms with van der Waals surface area (Å²) < 4.78 is 12.5. The van der Waals surface area contributed by atoms with Gasteiger partial charge in [0.15, 0.2) is 6.10 Å². The number of amides is 1. The number of aromatic nitrogens is 1. The average Bonchev–Trinajstić information content (AvgIpc) is 3.26. The Morgan fingerprint density at radius 2 is 2.00 bits per heavy atom. The number of aliphatic carboxylic acids is 1. The Bertz CT molecular complexity index is 852. The van der Waals surface area contributed by atoms with E-state index < -0.39 is 12.1 Å². The number of ether oxygens (including phenoxy) is 2. The number of methoxy groups -OCH3 is 2. The van der Waals surface area contributed by atoms with E-state index in [1.807, 2.05) is 25.1 Å². The van der Waals surface area contributed by atoms with Crippen LogP contribution in [0.25, 0.3) is 10.9 Å². The maximum absolute atomic E-state index is 12.9. The van der Waals surface area contributed by atoms with Crippen molar-refractivity contribution < 1.29 is 24.2 Å². The highest BCUT2D eigenvalue weighted by atomic mass is 16.5. The Balaban J connectivity index is 2.01. The highest BCUT2D eigenvalue weighted by molar-refractivity contribution is 6.09. The van der Waals surface area contributed by atoms with Gasteiger partial charge in [0, 0.05) is 29.7 Å². The first-order valence-corrected chi connectivity index (χ1v) is 9.20. The molecule has 0 bridgehead atoms. The molecule has 1 unspecified atom stereocenters. The van der Waals surface area contributed by atoms with Gasteiger partial charge in [-0.2, -0.15) is 0 Å². The van der Waals surface area contributed by atoms with E-state index in [2.05, 4.69) is 9.88 Å². The molecular formula is C20H26N2O5. The number of nitrogens with zero attached hydrogens (tertiary/aromatic N) is 1. The van der Waals surface area contributed by atoms with Gasteiger partial charge >= 0.3 is 5.97 Å². The van der Waals surface area contributed by atoms with Crippen molar-refractivity contribution in [3.05, 3.63) is 29.5 Å². The first kappa shape index (κ1) is 19.2. The molecule has 1 atom stereocenters. The molecule has 0 spiro atoms. The summed E-state index contributed by atoms with van der Waals surface area (Å²) >= 11 is 0.